The fourth-order valence-corrected chi connectivity index (χ4v) is 1.99. The number of nitrogens with two attached hydrogens (primary N) is 1. The number of non-ortho nitro benzene ring substituents is 1. The summed E-state index contributed by atoms with van der Waals surface area (Å²) in [5, 5.41) is 22.3. The number of carbonyl (C=O) groups is 2. The summed E-state index contributed by atoms with van der Waals surface area (Å²) in [5.41, 5.74) is 5.61. The third-order valence-electron chi connectivity index (χ3n) is 3.27. The average Bonchev–Trinajstić information content (AvgIpc) is 2.65. The van der Waals surface area contributed by atoms with Crippen molar-refractivity contribution in [2.24, 2.45) is 5.73 Å². The van der Waals surface area contributed by atoms with E-state index in [0.29, 0.717) is 17.0 Å². The molecular formula is C18H14N4O5. The Morgan fingerprint density at radius 2 is 1.81 bits per heavy atom. The zero-order valence-corrected chi connectivity index (χ0v) is 13.9. The van der Waals surface area contributed by atoms with Gasteiger partial charge < -0.3 is 15.8 Å². The molecule has 2 aromatic carbocycles. The highest BCUT2D eigenvalue weighted by molar-refractivity contribution is 6.09. The van der Waals surface area contributed by atoms with Crippen molar-refractivity contribution in [2.75, 3.05) is 11.9 Å². The highest BCUT2D eigenvalue weighted by Gasteiger charge is 2.11. The maximum atomic E-state index is 12.2. The summed E-state index contributed by atoms with van der Waals surface area (Å²) in [7, 11) is 0. The average molecular weight is 366 g/mol. The number of nitro groups is 1. The second-order valence-electron chi connectivity index (χ2n) is 5.25. The van der Waals surface area contributed by atoms with E-state index in [2.05, 4.69) is 5.32 Å². The van der Waals surface area contributed by atoms with E-state index in [1.807, 2.05) is 0 Å². The van der Waals surface area contributed by atoms with Crippen LogP contribution >= 0.6 is 0 Å². The number of anilines is 1. The number of benzene rings is 2. The van der Waals surface area contributed by atoms with Gasteiger partial charge in [0.05, 0.1) is 4.92 Å². The molecule has 2 aromatic rings. The van der Waals surface area contributed by atoms with Crippen molar-refractivity contribution in [3.05, 3.63) is 69.8 Å². The van der Waals surface area contributed by atoms with E-state index < -0.39 is 16.7 Å². The largest absolute Gasteiger partial charge is 0.484 e. The lowest BCUT2D eigenvalue weighted by Crippen LogP contribution is -2.19. The van der Waals surface area contributed by atoms with Crippen LogP contribution in [0, 0.1) is 21.4 Å². The number of amides is 2. The van der Waals surface area contributed by atoms with Crippen LogP contribution in [-0.2, 0) is 9.59 Å². The van der Waals surface area contributed by atoms with Gasteiger partial charge in [-0.1, -0.05) is 12.1 Å². The van der Waals surface area contributed by atoms with Gasteiger partial charge in [-0.25, -0.2) is 0 Å². The number of nitro benzene ring substituents is 1. The monoisotopic (exact) mass is 366 g/mol. The molecule has 0 spiro atoms. The number of carbonyl (C=O) groups excluding carboxylic acids is 2. The predicted octanol–water partition coefficient (Wildman–Crippen LogP) is 2.00. The minimum Gasteiger partial charge on any atom is -0.484 e. The molecule has 3 N–H and O–H groups in total. The number of hydrogen-bond donors (Lipinski definition) is 2. The number of rotatable bonds is 7. The van der Waals surface area contributed by atoms with Gasteiger partial charge in [0, 0.05) is 17.8 Å². The second-order valence-corrected chi connectivity index (χ2v) is 5.25. The lowest BCUT2D eigenvalue weighted by Gasteiger charge is -2.05. The second kappa shape index (κ2) is 8.77. The van der Waals surface area contributed by atoms with Crippen LogP contribution in [0.2, 0.25) is 0 Å². The molecule has 0 aliphatic rings. The highest BCUT2D eigenvalue weighted by atomic mass is 16.6. The fraction of sp³-hybridized carbons (Fsp3) is 0.0556. The molecule has 0 fully saturated rings. The Kier molecular flexibility index (Phi) is 6.22. The zero-order valence-electron chi connectivity index (χ0n) is 13.9. The van der Waals surface area contributed by atoms with Gasteiger partial charge >= 0.3 is 0 Å². The molecule has 27 heavy (non-hydrogen) atoms. The summed E-state index contributed by atoms with van der Waals surface area (Å²) in [6, 6.07) is 13.4. The summed E-state index contributed by atoms with van der Waals surface area (Å²) < 4.78 is 5.12. The minimum absolute atomic E-state index is 0.109. The van der Waals surface area contributed by atoms with Gasteiger partial charge in [0.2, 0.25) is 0 Å². The maximum absolute atomic E-state index is 12.2. The first kappa shape index (κ1) is 19.1. The molecule has 0 bridgehead atoms. The lowest BCUT2D eigenvalue weighted by molar-refractivity contribution is -0.384. The van der Waals surface area contributed by atoms with Crippen LogP contribution < -0.4 is 15.8 Å². The summed E-state index contributed by atoms with van der Waals surface area (Å²) in [4.78, 5) is 32.9. The standard InChI is InChI=1S/C18H14N4O5/c19-10-13(9-12-1-7-16(8-2-12)27-11-17(20)23)18(24)21-14-3-5-15(6-4-14)22(25)26/h1-9H,11H2,(H2,20,23)(H,21,24)/b13-9+. The zero-order chi connectivity index (χ0) is 19.8. The van der Waals surface area contributed by atoms with Crippen molar-refractivity contribution < 1.29 is 19.2 Å². The number of nitrogens with one attached hydrogen (secondary N) is 1. The van der Waals surface area contributed by atoms with Crippen LogP contribution in [0.5, 0.6) is 5.75 Å². The van der Waals surface area contributed by atoms with Gasteiger partial charge in [-0.05, 0) is 35.9 Å². The topological polar surface area (TPSA) is 148 Å². The number of primary amides is 1. The Morgan fingerprint density at radius 1 is 1.19 bits per heavy atom. The number of ether oxygens (including phenoxy) is 1. The summed E-state index contributed by atoms with van der Waals surface area (Å²) >= 11 is 0. The van der Waals surface area contributed by atoms with Gasteiger partial charge in [0.25, 0.3) is 17.5 Å². The molecule has 0 heterocycles. The van der Waals surface area contributed by atoms with E-state index in [1.165, 1.54) is 30.3 Å². The molecule has 0 atom stereocenters. The van der Waals surface area contributed by atoms with Crippen molar-refractivity contribution in [3.8, 4) is 11.8 Å². The van der Waals surface area contributed by atoms with Crippen LogP contribution in [0.1, 0.15) is 5.56 Å². The van der Waals surface area contributed by atoms with Gasteiger partial charge in [-0.3, -0.25) is 19.7 Å². The fourth-order valence-electron chi connectivity index (χ4n) is 1.99. The van der Waals surface area contributed by atoms with Gasteiger partial charge in [-0.15, -0.1) is 0 Å². The summed E-state index contributed by atoms with van der Waals surface area (Å²) in [5.74, 6) is -0.839. The first-order valence-corrected chi connectivity index (χ1v) is 7.58. The van der Waals surface area contributed by atoms with E-state index in [-0.39, 0.29) is 17.9 Å². The highest BCUT2D eigenvalue weighted by Crippen LogP contribution is 2.18. The van der Waals surface area contributed by atoms with E-state index >= 15 is 0 Å². The van der Waals surface area contributed by atoms with Crippen LogP contribution in [-0.4, -0.2) is 23.3 Å². The van der Waals surface area contributed by atoms with E-state index in [1.54, 1.807) is 30.3 Å². The molecule has 0 aliphatic carbocycles. The summed E-state index contributed by atoms with van der Waals surface area (Å²) in [6.07, 6.45) is 1.37. The minimum atomic E-state index is -0.652. The van der Waals surface area contributed by atoms with Gasteiger partial charge in [0.15, 0.2) is 6.61 Å². The third-order valence-corrected chi connectivity index (χ3v) is 3.27. The molecule has 2 amide bonds. The van der Waals surface area contributed by atoms with E-state index in [9.17, 15) is 25.0 Å². The Balaban J connectivity index is 2.08. The van der Waals surface area contributed by atoms with Crippen molar-refractivity contribution in [3.63, 3.8) is 0 Å². The SMILES string of the molecule is N#C/C(=C\c1ccc(OCC(N)=O)cc1)C(=O)Nc1ccc([N+](=O)[O-])cc1. The van der Waals surface area contributed by atoms with Crippen LogP contribution in [0.25, 0.3) is 6.08 Å². The smallest absolute Gasteiger partial charge is 0.269 e. The number of nitriles is 1. The molecule has 0 unspecified atom stereocenters. The van der Waals surface area contributed by atoms with Crippen LogP contribution in [0.15, 0.2) is 54.1 Å². The van der Waals surface area contributed by atoms with Crippen molar-refractivity contribution >= 4 is 29.3 Å². The third kappa shape index (κ3) is 5.68. The lowest BCUT2D eigenvalue weighted by atomic mass is 10.1. The van der Waals surface area contributed by atoms with Crippen molar-refractivity contribution in [1.82, 2.24) is 0 Å². The van der Waals surface area contributed by atoms with E-state index in [4.69, 9.17) is 10.5 Å². The first-order chi connectivity index (χ1) is 12.9. The molecule has 0 radical (unpaired) electrons. The molecule has 0 aromatic heterocycles. The maximum Gasteiger partial charge on any atom is 0.269 e. The Labute approximate surface area is 153 Å². The first-order valence-electron chi connectivity index (χ1n) is 7.58. The van der Waals surface area contributed by atoms with E-state index in [0.717, 1.165) is 0 Å². The Hall–Kier alpha value is -4.19. The molecule has 0 saturated heterocycles. The van der Waals surface area contributed by atoms with Crippen molar-refractivity contribution in [2.45, 2.75) is 0 Å². The predicted molar refractivity (Wildman–Crippen MR) is 96.4 cm³/mol. The molecule has 136 valence electrons. The Bertz CT molecular complexity index is 928. The molecule has 9 heteroatoms. The molecular weight excluding hydrogens is 352 g/mol. The van der Waals surface area contributed by atoms with Gasteiger partial charge in [-0.2, -0.15) is 5.26 Å². The quantitative estimate of drug-likeness (QED) is 0.331. The van der Waals surface area contributed by atoms with Crippen molar-refractivity contribution in [1.29, 1.82) is 5.26 Å². The molecule has 0 saturated carbocycles. The Morgan fingerprint density at radius 3 is 2.33 bits per heavy atom. The van der Waals surface area contributed by atoms with Gasteiger partial charge in [0.1, 0.15) is 17.4 Å². The molecule has 9 nitrogen and oxygen atoms in total. The molecule has 2 rings (SSSR count). The van der Waals surface area contributed by atoms with Crippen LogP contribution in [0.4, 0.5) is 11.4 Å². The number of hydrogen-bond acceptors (Lipinski definition) is 6. The normalized spacial score (nSPS) is 10.6. The summed E-state index contributed by atoms with van der Waals surface area (Å²) in [6.45, 7) is -0.254. The molecule has 0 aliphatic heterocycles. The number of nitrogens with zero attached hydrogens (tertiary/aromatic N) is 2. The van der Waals surface area contributed by atoms with Crippen LogP contribution in [0.3, 0.4) is 0 Å².